The third kappa shape index (κ3) is 5.80. The van der Waals surface area contributed by atoms with Crippen LogP contribution in [0.2, 0.25) is 0 Å². The Kier molecular flexibility index (Phi) is 6.62. The molecule has 0 spiro atoms. The number of hydrogen-bond donors (Lipinski definition) is 2. The van der Waals surface area contributed by atoms with Gasteiger partial charge in [0.15, 0.2) is 0 Å². The maximum Gasteiger partial charge on any atom is 0.0897 e. The molecule has 2 fully saturated rings. The summed E-state index contributed by atoms with van der Waals surface area (Å²) < 4.78 is 5.79. The molecular weight excluding hydrogens is 238 g/mol. The van der Waals surface area contributed by atoms with E-state index in [0.29, 0.717) is 19.3 Å². The van der Waals surface area contributed by atoms with Crippen LogP contribution in [-0.4, -0.2) is 37.0 Å². The number of rotatable bonds is 7. The molecule has 0 amide bonds. The van der Waals surface area contributed by atoms with E-state index >= 15 is 0 Å². The van der Waals surface area contributed by atoms with Crippen molar-refractivity contribution >= 4 is 0 Å². The second-order valence-electron chi connectivity index (χ2n) is 6.69. The van der Waals surface area contributed by atoms with E-state index in [1.807, 2.05) is 0 Å². The highest BCUT2D eigenvalue weighted by Crippen LogP contribution is 2.29. The van der Waals surface area contributed by atoms with Gasteiger partial charge in [0.25, 0.3) is 0 Å². The van der Waals surface area contributed by atoms with Crippen molar-refractivity contribution in [1.82, 2.24) is 5.32 Å². The largest absolute Gasteiger partial charge is 0.389 e. The zero-order chi connectivity index (χ0) is 13.5. The molecule has 0 aromatic rings. The molecule has 0 heterocycles. The monoisotopic (exact) mass is 269 g/mol. The van der Waals surface area contributed by atoms with Crippen LogP contribution in [0.1, 0.15) is 58.3 Å². The molecule has 2 aliphatic rings. The number of aliphatic hydroxyl groups is 1. The Morgan fingerprint density at radius 3 is 2.63 bits per heavy atom. The quantitative estimate of drug-likeness (QED) is 0.746. The molecule has 19 heavy (non-hydrogen) atoms. The standard InChI is InChI=1S/C16H31NO2/c1-13-7-8-14(9-13)10-17-11-15(18)12-19-16-5-3-2-4-6-16/h13-18H,2-12H2,1H3. The highest BCUT2D eigenvalue weighted by atomic mass is 16.5. The smallest absolute Gasteiger partial charge is 0.0897 e. The topological polar surface area (TPSA) is 41.5 Å². The van der Waals surface area contributed by atoms with E-state index in [4.69, 9.17) is 4.74 Å². The normalized spacial score (nSPS) is 30.6. The van der Waals surface area contributed by atoms with E-state index in [2.05, 4.69) is 12.2 Å². The first-order chi connectivity index (χ1) is 9.24. The molecule has 2 N–H and O–H groups in total. The van der Waals surface area contributed by atoms with E-state index in [1.165, 1.54) is 51.4 Å². The zero-order valence-corrected chi connectivity index (χ0v) is 12.4. The van der Waals surface area contributed by atoms with Crippen LogP contribution < -0.4 is 5.32 Å². The van der Waals surface area contributed by atoms with Gasteiger partial charge in [-0.05, 0) is 44.1 Å². The summed E-state index contributed by atoms with van der Waals surface area (Å²) in [4.78, 5) is 0. The summed E-state index contributed by atoms with van der Waals surface area (Å²) in [5.74, 6) is 1.72. The fourth-order valence-electron chi connectivity index (χ4n) is 3.50. The van der Waals surface area contributed by atoms with Crippen molar-refractivity contribution < 1.29 is 9.84 Å². The summed E-state index contributed by atoms with van der Waals surface area (Å²) in [7, 11) is 0. The molecule has 3 heteroatoms. The molecule has 0 saturated heterocycles. The predicted molar refractivity (Wildman–Crippen MR) is 78.2 cm³/mol. The molecule has 3 unspecified atom stereocenters. The summed E-state index contributed by atoms with van der Waals surface area (Å²) in [6, 6.07) is 0. The molecule has 3 atom stereocenters. The first-order valence-electron chi connectivity index (χ1n) is 8.24. The molecule has 0 aromatic carbocycles. The Balaban J connectivity index is 1.48. The van der Waals surface area contributed by atoms with Crippen molar-refractivity contribution in [2.45, 2.75) is 70.5 Å². The Morgan fingerprint density at radius 2 is 1.95 bits per heavy atom. The molecule has 2 rings (SSSR count). The summed E-state index contributed by atoms with van der Waals surface area (Å²) in [6.07, 6.45) is 10.4. The molecule has 2 aliphatic carbocycles. The molecule has 112 valence electrons. The average molecular weight is 269 g/mol. The van der Waals surface area contributed by atoms with Gasteiger partial charge in [0.2, 0.25) is 0 Å². The first-order valence-corrected chi connectivity index (χ1v) is 8.24. The van der Waals surface area contributed by atoms with E-state index in [0.717, 1.165) is 18.4 Å². The highest BCUT2D eigenvalue weighted by Gasteiger charge is 2.21. The van der Waals surface area contributed by atoms with Gasteiger partial charge in [0, 0.05) is 6.54 Å². The fraction of sp³-hybridized carbons (Fsp3) is 1.00. The van der Waals surface area contributed by atoms with Crippen molar-refractivity contribution in [2.75, 3.05) is 19.7 Å². The lowest BCUT2D eigenvalue weighted by Crippen LogP contribution is -2.34. The van der Waals surface area contributed by atoms with E-state index in [9.17, 15) is 5.11 Å². The van der Waals surface area contributed by atoms with Crippen LogP contribution in [0, 0.1) is 11.8 Å². The second-order valence-corrected chi connectivity index (χ2v) is 6.69. The third-order valence-corrected chi connectivity index (χ3v) is 4.69. The van der Waals surface area contributed by atoms with Gasteiger partial charge in [-0.15, -0.1) is 0 Å². The fourth-order valence-corrected chi connectivity index (χ4v) is 3.50. The Hall–Kier alpha value is -0.120. The lowest BCUT2D eigenvalue weighted by molar-refractivity contribution is -0.0231. The summed E-state index contributed by atoms with van der Waals surface area (Å²) in [5, 5.41) is 13.3. The van der Waals surface area contributed by atoms with Crippen LogP contribution in [0.4, 0.5) is 0 Å². The van der Waals surface area contributed by atoms with Crippen LogP contribution in [-0.2, 0) is 4.74 Å². The van der Waals surface area contributed by atoms with E-state index in [-0.39, 0.29) is 6.10 Å². The summed E-state index contributed by atoms with van der Waals surface area (Å²) in [5.41, 5.74) is 0. The Labute approximate surface area is 118 Å². The third-order valence-electron chi connectivity index (χ3n) is 4.69. The lowest BCUT2D eigenvalue weighted by atomic mass is 9.98. The zero-order valence-electron chi connectivity index (χ0n) is 12.4. The van der Waals surface area contributed by atoms with Gasteiger partial charge in [-0.25, -0.2) is 0 Å². The lowest BCUT2D eigenvalue weighted by Gasteiger charge is -2.23. The second kappa shape index (κ2) is 8.23. The van der Waals surface area contributed by atoms with E-state index in [1.54, 1.807) is 0 Å². The van der Waals surface area contributed by atoms with Crippen molar-refractivity contribution in [2.24, 2.45) is 11.8 Å². The van der Waals surface area contributed by atoms with Crippen LogP contribution >= 0.6 is 0 Å². The van der Waals surface area contributed by atoms with Gasteiger partial charge in [-0.2, -0.15) is 0 Å². The molecule has 0 aromatic heterocycles. The van der Waals surface area contributed by atoms with Gasteiger partial charge in [-0.3, -0.25) is 0 Å². The first kappa shape index (κ1) is 15.3. The number of ether oxygens (including phenoxy) is 1. The van der Waals surface area contributed by atoms with Crippen LogP contribution in [0.3, 0.4) is 0 Å². The van der Waals surface area contributed by atoms with Gasteiger partial charge in [0.1, 0.15) is 0 Å². The highest BCUT2D eigenvalue weighted by molar-refractivity contribution is 4.75. The van der Waals surface area contributed by atoms with Crippen LogP contribution in [0.15, 0.2) is 0 Å². The van der Waals surface area contributed by atoms with Gasteiger partial charge in [-0.1, -0.05) is 32.6 Å². The maximum absolute atomic E-state index is 9.92. The van der Waals surface area contributed by atoms with Gasteiger partial charge < -0.3 is 15.2 Å². The minimum absolute atomic E-state index is 0.347. The van der Waals surface area contributed by atoms with Gasteiger partial charge in [0.05, 0.1) is 18.8 Å². The Morgan fingerprint density at radius 1 is 1.16 bits per heavy atom. The molecule has 2 saturated carbocycles. The SMILES string of the molecule is CC1CCC(CNCC(O)COC2CCCCC2)C1. The summed E-state index contributed by atoms with van der Waals surface area (Å²) >= 11 is 0. The van der Waals surface area contributed by atoms with Gasteiger partial charge >= 0.3 is 0 Å². The minimum atomic E-state index is -0.347. The average Bonchev–Trinajstić information content (AvgIpc) is 2.83. The van der Waals surface area contributed by atoms with Crippen molar-refractivity contribution in [1.29, 1.82) is 0 Å². The molecule has 0 bridgehead atoms. The predicted octanol–water partition coefficient (Wildman–Crippen LogP) is 2.72. The molecule has 0 radical (unpaired) electrons. The number of nitrogens with one attached hydrogen (secondary N) is 1. The number of aliphatic hydroxyl groups excluding tert-OH is 1. The van der Waals surface area contributed by atoms with Crippen molar-refractivity contribution in [3.05, 3.63) is 0 Å². The van der Waals surface area contributed by atoms with Crippen molar-refractivity contribution in [3.8, 4) is 0 Å². The minimum Gasteiger partial charge on any atom is -0.389 e. The molecule has 0 aliphatic heterocycles. The van der Waals surface area contributed by atoms with Crippen LogP contribution in [0.25, 0.3) is 0 Å². The molecule has 3 nitrogen and oxygen atoms in total. The van der Waals surface area contributed by atoms with Crippen LogP contribution in [0.5, 0.6) is 0 Å². The maximum atomic E-state index is 9.92. The van der Waals surface area contributed by atoms with Crippen molar-refractivity contribution in [3.63, 3.8) is 0 Å². The Bertz CT molecular complexity index is 241. The molecular formula is C16H31NO2. The number of hydrogen-bond acceptors (Lipinski definition) is 3. The summed E-state index contributed by atoms with van der Waals surface area (Å²) in [6.45, 7) is 4.58. The van der Waals surface area contributed by atoms with E-state index < -0.39 is 0 Å².